The summed E-state index contributed by atoms with van der Waals surface area (Å²) in [5, 5.41) is 5.22. The highest BCUT2D eigenvalue weighted by Crippen LogP contribution is 2.19. The molecule has 0 unspecified atom stereocenters. The highest BCUT2D eigenvalue weighted by atomic mass is 32.2. The van der Waals surface area contributed by atoms with Crippen LogP contribution in [0.2, 0.25) is 0 Å². The first-order valence-electron chi connectivity index (χ1n) is 8.79. The summed E-state index contributed by atoms with van der Waals surface area (Å²) in [5.74, 6) is -1.20. The number of carbonyl (C=O) groups is 2. The minimum atomic E-state index is -3.82. The predicted molar refractivity (Wildman–Crippen MR) is 102 cm³/mol. The zero-order valence-electron chi connectivity index (χ0n) is 15.6. The molecule has 1 fully saturated rings. The Labute approximate surface area is 167 Å². The lowest BCUT2D eigenvalue weighted by molar-refractivity contribution is -0.122. The number of nitrogens with one attached hydrogen (secondary N) is 2. The summed E-state index contributed by atoms with van der Waals surface area (Å²) in [6.07, 6.45) is 0. The molecule has 0 atom stereocenters. The Bertz CT molecular complexity index is 1020. The monoisotopic (exact) mass is 421 g/mol. The number of benzene rings is 2. The maximum atomic E-state index is 13.7. The van der Waals surface area contributed by atoms with Crippen LogP contribution in [0.25, 0.3) is 0 Å². The number of methoxy groups -OCH3 is 1. The second kappa shape index (κ2) is 8.58. The topological polar surface area (TPSA) is 105 Å². The van der Waals surface area contributed by atoms with E-state index in [9.17, 15) is 22.4 Å². The van der Waals surface area contributed by atoms with Crippen LogP contribution in [-0.2, 0) is 21.4 Å². The standard InChI is InChI=1S/C19H20FN3O5S/c1-28-17-7-2-13(10-16(17)20)11-22-19(25)14-3-5-15(6-4-14)29(26,27)23-9-8-21-18(24)12-23/h2-7,10H,8-9,11-12H2,1H3,(H,21,24)(H,22,25). The van der Waals surface area contributed by atoms with E-state index in [-0.39, 0.29) is 48.3 Å². The molecule has 2 aromatic rings. The number of halogens is 1. The fourth-order valence-corrected chi connectivity index (χ4v) is 4.25. The fourth-order valence-electron chi connectivity index (χ4n) is 2.85. The van der Waals surface area contributed by atoms with Gasteiger partial charge in [-0.2, -0.15) is 4.31 Å². The molecule has 8 nitrogen and oxygen atoms in total. The molecule has 2 N–H and O–H groups in total. The van der Waals surface area contributed by atoms with Crippen molar-refractivity contribution in [2.24, 2.45) is 0 Å². The first kappa shape index (κ1) is 20.7. The largest absolute Gasteiger partial charge is 0.494 e. The van der Waals surface area contributed by atoms with Crippen molar-refractivity contribution in [1.29, 1.82) is 0 Å². The zero-order valence-corrected chi connectivity index (χ0v) is 16.5. The Morgan fingerprint density at radius 1 is 1.24 bits per heavy atom. The SMILES string of the molecule is COc1ccc(CNC(=O)c2ccc(S(=O)(=O)N3CCNC(=O)C3)cc2)cc1F. The molecule has 2 aromatic carbocycles. The van der Waals surface area contributed by atoms with Gasteiger partial charge in [0.1, 0.15) is 0 Å². The van der Waals surface area contributed by atoms with Gasteiger partial charge in [0.25, 0.3) is 5.91 Å². The molecule has 0 spiro atoms. The highest BCUT2D eigenvalue weighted by molar-refractivity contribution is 7.89. The van der Waals surface area contributed by atoms with E-state index in [1.807, 2.05) is 0 Å². The van der Waals surface area contributed by atoms with Gasteiger partial charge in [0.05, 0.1) is 18.6 Å². The maximum Gasteiger partial charge on any atom is 0.251 e. The van der Waals surface area contributed by atoms with Gasteiger partial charge >= 0.3 is 0 Å². The minimum Gasteiger partial charge on any atom is -0.494 e. The Morgan fingerprint density at radius 2 is 1.97 bits per heavy atom. The van der Waals surface area contributed by atoms with E-state index < -0.39 is 21.7 Å². The Kier molecular flexibility index (Phi) is 6.14. The van der Waals surface area contributed by atoms with Crippen molar-refractivity contribution in [3.05, 3.63) is 59.4 Å². The summed E-state index contributed by atoms with van der Waals surface area (Å²) < 4.78 is 44.9. The van der Waals surface area contributed by atoms with Gasteiger partial charge in [-0.3, -0.25) is 9.59 Å². The number of piperazine rings is 1. The first-order valence-corrected chi connectivity index (χ1v) is 10.2. The highest BCUT2D eigenvalue weighted by Gasteiger charge is 2.29. The third-order valence-electron chi connectivity index (χ3n) is 4.43. The van der Waals surface area contributed by atoms with Gasteiger partial charge in [0, 0.05) is 25.2 Å². The molecule has 2 amide bonds. The lowest BCUT2D eigenvalue weighted by Crippen LogP contribution is -2.49. The average molecular weight is 421 g/mol. The lowest BCUT2D eigenvalue weighted by Gasteiger charge is -2.25. The summed E-state index contributed by atoms with van der Waals surface area (Å²) in [4.78, 5) is 23.7. The van der Waals surface area contributed by atoms with Gasteiger partial charge in [-0.05, 0) is 42.0 Å². The van der Waals surface area contributed by atoms with Crippen molar-refractivity contribution >= 4 is 21.8 Å². The lowest BCUT2D eigenvalue weighted by atomic mass is 10.2. The van der Waals surface area contributed by atoms with Crippen LogP contribution in [0, 0.1) is 5.82 Å². The molecule has 1 aliphatic heterocycles. The van der Waals surface area contributed by atoms with Gasteiger partial charge in [-0.15, -0.1) is 0 Å². The quantitative estimate of drug-likeness (QED) is 0.721. The van der Waals surface area contributed by atoms with Crippen molar-refractivity contribution in [2.75, 3.05) is 26.7 Å². The van der Waals surface area contributed by atoms with Gasteiger partial charge < -0.3 is 15.4 Å². The van der Waals surface area contributed by atoms with E-state index in [2.05, 4.69) is 10.6 Å². The second-order valence-electron chi connectivity index (χ2n) is 6.36. The summed E-state index contributed by atoms with van der Waals surface area (Å²) in [5.41, 5.74) is 0.813. The second-order valence-corrected chi connectivity index (χ2v) is 8.30. The average Bonchev–Trinajstić information content (AvgIpc) is 2.72. The van der Waals surface area contributed by atoms with Gasteiger partial charge in [-0.25, -0.2) is 12.8 Å². The number of sulfonamides is 1. The molecule has 10 heteroatoms. The van der Waals surface area contributed by atoms with Crippen LogP contribution < -0.4 is 15.4 Å². The van der Waals surface area contributed by atoms with E-state index in [1.165, 1.54) is 43.5 Å². The van der Waals surface area contributed by atoms with Crippen LogP contribution in [-0.4, -0.2) is 51.3 Å². The summed E-state index contributed by atoms with van der Waals surface area (Å²) in [6, 6.07) is 9.79. The Morgan fingerprint density at radius 3 is 2.59 bits per heavy atom. The molecule has 1 heterocycles. The number of rotatable bonds is 6. The van der Waals surface area contributed by atoms with Gasteiger partial charge in [-0.1, -0.05) is 6.07 Å². The smallest absolute Gasteiger partial charge is 0.251 e. The van der Waals surface area contributed by atoms with Crippen molar-refractivity contribution in [1.82, 2.24) is 14.9 Å². The van der Waals surface area contributed by atoms with E-state index in [0.29, 0.717) is 5.56 Å². The molecule has 1 saturated heterocycles. The Balaban J connectivity index is 1.65. The molecule has 0 radical (unpaired) electrons. The fraction of sp³-hybridized carbons (Fsp3) is 0.263. The molecular weight excluding hydrogens is 401 g/mol. The Hall–Kier alpha value is -2.98. The number of ether oxygens (including phenoxy) is 1. The molecule has 0 aromatic heterocycles. The summed E-state index contributed by atoms with van der Waals surface area (Å²) in [6.45, 7) is 0.310. The molecule has 154 valence electrons. The van der Waals surface area contributed by atoms with Crippen LogP contribution in [0.4, 0.5) is 4.39 Å². The third kappa shape index (κ3) is 4.72. The number of nitrogens with zero attached hydrogens (tertiary/aromatic N) is 1. The van der Waals surface area contributed by atoms with Crippen LogP contribution in [0.3, 0.4) is 0 Å². The zero-order chi connectivity index (χ0) is 21.0. The number of amides is 2. The number of hydrogen-bond acceptors (Lipinski definition) is 5. The predicted octanol–water partition coefficient (Wildman–Crippen LogP) is 0.885. The van der Waals surface area contributed by atoms with Crippen LogP contribution >= 0.6 is 0 Å². The minimum absolute atomic E-state index is 0.000903. The van der Waals surface area contributed by atoms with Crippen LogP contribution in [0.1, 0.15) is 15.9 Å². The number of carbonyl (C=O) groups excluding carboxylic acids is 2. The van der Waals surface area contributed by atoms with Crippen molar-refractivity contribution < 1.29 is 27.1 Å². The molecule has 0 bridgehead atoms. The molecule has 1 aliphatic rings. The molecule has 0 aliphatic carbocycles. The van der Waals surface area contributed by atoms with E-state index in [1.54, 1.807) is 6.07 Å². The third-order valence-corrected chi connectivity index (χ3v) is 6.29. The van der Waals surface area contributed by atoms with E-state index >= 15 is 0 Å². The summed E-state index contributed by atoms with van der Waals surface area (Å²) in [7, 11) is -2.45. The van der Waals surface area contributed by atoms with E-state index in [4.69, 9.17) is 4.74 Å². The van der Waals surface area contributed by atoms with Gasteiger partial charge in [0.2, 0.25) is 15.9 Å². The molecular formula is C19H20FN3O5S. The summed E-state index contributed by atoms with van der Waals surface area (Å²) >= 11 is 0. The van der Waals surface area contributed by atoms with Crippen molar-refractivity contribution in [3.8, 4) is 5.75 Å². The molecule has 29 heavy (non-hydrogen) atoms. The normalized spacial score (nSPS) is 14.9. The van der Waals surface area contributed by atoms with E-state index in [0.717, 1.165) is 4.31 Å². The van der Waals surface area contributed by atoms with Crippen molar-refractivity contribution in [2.45, 2.75) is 11.4 Å². The van der Waals surface area contributed by atoms with Crippen LogP contribution in [0.5, 0.6) is 5.75 Å². The van der Waals surface area contributed by atoms with Crippen molar-refractivity contribution in [3.63, 3.8) is 0 Å². The van der Waals surface area contributed by atoms with Gasteiger partial charge in [0.15, 0.2) is 11.6 Å². The maximum absolute atomic E-state index is 13.7. The molecule has 0 saturated carbocycles. The number of hydrogen-bond donors (Lipinski definition) is 2. The molecule has 3 rings (SSSR count). The van der Waals surface area contributed by atoms with Crippen LogP contribution in [0.15, 0.2) is 47.4 Å². The first-order chi connectivity index (χ1) is 13.8.